The zero-order chi connectivity index (χ0) is 10.6. The smallest absolute Gasteiger partial charge is 0.181 e. The zero-order valence-corrected chi connectivity index (χ0v) is 8.60. The minimum atomic E-state index is -0.404. The van der Waals surface area contributed by atoms with Crippen molar-refractivity contribution in [2.45, 2.75) is 26.3 Å². The van der Waals surface area contributed by atoms with Crippen LogP contribution in [0.3, 0.4) is 0 Å². The molecule has 2 N–H and O–H groups in total. The van der Waals surface area contributed by atoms with Gasteiger partial charge in [-0.3, -0.25) is 9.78 Å². The Morgan fingerprint density at radius 1 is 1.57 bits per heavy atom. The summed E-state index contributed by atoms with van der Waals surface area (Å²) in [5, 5.41) is 0. The van der Waals surface area contributed by atoms with E-state index in [0.29, 0.717) is 17.9 Å². The van der Waals surface area contributed by atoms with Gasteiger partial charge in [0.05, 0.1) is 6.04 Å². The minimum absolute atomic E-state index is 0.0215. The molecule has 14 heavy (non-hydrogen) atoms. The van der Waals surface area contributed by atoms with Crippen LogP contribution in [0, 0.1) is 5.92 Å². The third-order valence-electron chi connectivity index (χ3n) is 2.01. The molecule has 3 nitrogen and oxygen atoms in total. The Morgan fingerprint density at radius 2 is 2.29 bits per heavy atom. The van der Waals surface area contributed by atoms with Crippen molar-refractivity contribution in [2.75, 3.05) is 0 Å². The van der Waals surface area contributed by atoms with Gasteiger partial charge in [-0.25, -0.2) is 0 Å². The lowest BCUT2D eigenvalue weighted by Crippen LogP contribution is -2.31. The number of nitrogens with zero attached hydrogens (tertiary/aromatic N) is 1. The second kappa shape index (κ2) is 4.86. The van der Waals surface area contributed by atoms with E-state index in [1.54, 1.807) is 24.5 Å². The predicted octanol–water partition coefficient (Wildman–Crippen LogP) is 1.64. The quantitative estimate of drug-likeness (QED) is 0.738. The third kappa shape index (κ3) is 2.92. The highest BCUT2D eigenvalue weighted by molar-refractivity contribution is 5.99. The summed E-state index contributed by atoms with van der Waals surface area (Å²) in [5.74, 6) is 0.414. The molecule has 1 atom stereocenters. The molecule has 0 amide bonds. The van der Waals surface area contributed by atoms with Crippen LogP contribution in [-0.2, 0) is 0 Å². The number of carbonyl (C=O) groups excluding carboxylic acids is 1. The van der Waals surface area contributed by atoms with Crippen LogP contribution < -0.4 is 5.73 Å². The lowest BCUT2D eigenvalue weighted by atomic mass is 9.98. The molecule has 0 aromatic carbocycles. The molecule has 0 bridgehead atoms. The van der Waals surface area contributed by atoms with Crippen LogP contribution in [-0.4, -0.2) is 16.8 Å². The first-order valence-electron chi connectivity index (χ1n) is 4.81. The first-order valence-corrected chi connectivity index (χ1v) is 4.81. The van der Waals surface area contributed by atoms with Crippen molar-refractivity contribution in [1.29, 1.82) is 0 Å². The van der Waals surface area contributed by atoms with Gasteiger partial charge in [0.25, 0.3) is 0 Å². The van der Waals surface area contributed by atoms with Crippen molar-refractivity contribution >= 4 is 5.78 Å². The van der Waals surface area contributed by atoms with Gasteiger partial charge >= 0.3 is 0 Å². The predicted molar refractivity (Wildman–Crippen MR) is 56.0 cm³/mol. The van der Waals surface area contributed by atoms with Gasteiger partial charge in [-0.2, -0.15) is 0 Å². The van der Waals surface area contributed by atoms with Gasteiger partial charge in [0.1, 0.15) is 0 Å². The number of Topliss-reactive ketones (excluding diaryl/α,β-unsaturated/α-hetero) is 1. The Bertz CT molecular complexity index is 295. The van der Waals surface area contributed by atoms with E-state index in [1.165, 1.54) is 0 Å². The van der Waals surface area contributed by atoms with Crippen LogP contribution in [0.15, 0.2) is 24.5 Å². The summed E-state index contributed by atoms with van der Waals surface area (Å²) in [6.07, 6.45) is 3.92. The van der Waals surface area contributed by atoms with E-state index < -0.39 is 6.04 Å². The molecule has 0 saturated carbocycles. The molecule has 1 rings (SSSR count). The number of aromatic nitrogens is 1. The molecule has 3 heteroatoms. The maximum Gasteiger partial charge on any atom is 0.181 e. The maximum absolute atomic E-state index is 11.7. The van der Waals surface area contributed by atoms with Gasteiger partial charge in [-0.05, 0) is 24.5 Å². The van der Waals surface area contributed by atoms with Gasteiger partial charge in [0, 0.05) is 18.0 Å². The summed E-state index contributed by atoms with van der Waals surface area (Å²) in [7, 11) is 0. The fourth-order valence-electron chi connectivity index (χ4n) is 1.34. The van der Waals surface area contributed by atoms with Crippen molar-refractivity contribution in [3.8, 4) is 0 Å². The number of hydrogen-bond donors (Lipinski definition) is 1. The largest absolute Gasteiger partial charge is 0.321 e. The Hall–Kier alpha value is -1.22. The number of carbonyl (C=O) groups is 1. The lowest BCUT2D eigenvalue weighted by Gasteiger charge is -2.12. The average molecular weight is 192 g/mol. The van der Waals surface area contributed by atoms with Crippen LogP contribution in [0.4, 0.5) is 0 Å². The average Bonchev–Trinajstić information content (AvgIpc) is 2.17. The van der Waals surface area contributed by atoms with Gasteiger partial charge < -0.3 is 5.73 Å². The first kappa shape index (κ1) is 10.9. The number of rotatable bonds is 4. The molecule has 0 fully saturated rings. The zero-order valence-electron chi connectivity index (χ0n) is 8.60. The summed E-state index contributed by atoms with van der Waals surface area (Å²) in [5.41, 5.74) is 6.37. The Labute approximate surface area is 84.3 Å². The van der Waals surface area contributed by atoms with Crippen molar-refractivity contribution in [3.63, 3.8) is 0 Å². The summed E-state index contributed by atoms with van der Waals surface area (Å²) in [4.78, 5) is 15.6. The highest BCUT2D eigenvalue weighted by atomic mass is 16.1. The first-order chi connectivity index (χ1) is 6.61. The van der Waals surface area contributed by atoms with Gasteiger partial charge in [0.2, 0.25) is 0 Å². The molecule has 1 heterocycles. The molecule has 0 aliphatic heterocycles. The van der Waals surface area contributed by atoms with E-state index >= 15 is 0 Å². The number of ketones is 1. The monoisotopic (exact) mass is 192 g/mol. The molecule has 76 valence electrons. The van der Waals surface area contributed by atoms with Gasteiger partial charge in [0.15, 0.2) is 5.78 Å². The van der Waals surface area contributed by atoms with E-state index in [4.69, 9.17) is 5.73 Å². The van der Waals surface area contributed by atoms with E-state index in [-0.39, 0.29) is 5.78 Å². The standard InChI is InChI=1S/C11H16N2O/c1-8(2)6-10(12)11(14)9-4-3-5-13-7-9/h3-5,7-8,10H,6,12H2,1-2H3. The second-order valence-corrected chi connectivity index (χ2v) is 3.84. The van der Waals surface area contributed by atoms with Crippen LogP contribution in [0.25, 0.3) is 0 Å². The van der Waals surface area contributed by atoms with Crippen molar-refractivity contribution in [1.82, 2.24) is 4.98 Å². The number of pyridine rings is 1. The van der Waals surface area contributed by atoms with Gasteiger partial charge in [-0.15, -0.1) is 0 Å². The molecular weight excluding hydrogens is 176 g/mol. The summed E-state index contributed by atoms with van der Waals surface area (Å²) < 4.78 is 0. The highest BCUT2D eigenvalue weighted by Crippen LogP contribution is 2.08. The van der Waals surface area contributed by atoms with E-state index in [9.17, 15) is 4.79 Å². The molecule has 1 aromatic rings. The number of nitrogens with two attached hydrogens (primary N) is 1. The van der Waals surface area contributed by atoms with Crippen molar-refractivity contribution < 1.29 is 4.79 Å². The summed E-state index contributed by atoms with van der Waals surface area (Å²) in [6, 6.07) is 3.09. The highest BCUT2D eigenvalue weighted by Gasteiger charge is 2.16. The molecule has 0 aliphatic rings. The molecule has 0 radical (unpaired) electrons. The Kier molecular flexibility index (Phi) is 3.77. The maximum atomic E-state index is 11.7. The Balaban J connectivity index is 2.66. The van der Waals surface area contributed by atoms with E-state index in [0.717, 1.165) is 0 Å². The molecule has 0 saturated heterocycles. The van der Waals surface area contributed by atoms with Crippen molar-refractivity contribution in [3.05, 3.63) is 30.1 Å². The van der Waals surface area contributed by atoms with E-state index in [2.05, 4.69) is 18.8 Å². The summed E-state index contributed by atoms with van der Waals surface area (Å²) >= 11 is 0. The Morgan fingerprint density at radius 3 is 2.79 bits per heavy atom. The van der Waals surface area contributed by atoms with E-state index in [1.807, 2.05) is 0 Å². The molecular formula is C11H16N2O. The topological polar surface area (TPSA) is 56.0 Å². The fourth-order valence-corrected chi connectivity index (χ4v) is 1.34. The minimum Gasteiger partial charge on any atom is -0.321 e. The molecule has 0 spiro atoms. The van der Waals surface area contributed by atoms with Crippen molar-refractivity contribution in [2.24, 2.45) is 11.7 Å². The molecule has 1 unspecified atom stereocenters. The SMILES string of the molecule is CC(C)CC(N)C(=O)c1cccnc1. The lowest BCUT2D eigenvalue weighted by molar-refractivity contribution is 0.0950. The third-order valence-corrected chi connectivity index (χ3v) is 2.01. The second-order valence-electron chi connectivity index (χ2n) is 3.84. The van der Waals surface area contributed by atoms with Crippen LogP contribution in [0.5, 0.6) is 0 Å². The van der Waals surface area contributed by atoms with Crippen LogP contribution in [0.1, 0.15) is 30.6 Å². The summed E-state index contributed by atoms with van der Waals surface area (Å²) in [6.45, 7) is 4.10. The molecule has 1 aromatic heterocycles. The number of hydrogen-bond acceptors (Lipinski definition) is 3. The normalized spacial score (nSPS) is 12.9. The molecule has 0 aliphatic carbocycles. The van der Waals surface area contributed by atoms with Crippen LogP contribution >= 0.6 is 0 Å². The van der Waals surface area contributed by atoms with Gasteiger partial charge in [-0.1, -0.05) is 13.8 Å². The van der Waals surface area contributed by atoms with Crippen LogP contribution in [0.2, 0.25) is 0 Å². The fraction of sp³-hybridized carbons (Fsp3) is 0.455.